The predicted octanol–water partition coefficient (Wildman–Crippen LogP) is 4.50. The number of halogens is 1. The maximum absolute atomic E-state index is 11.9. The van der Waals surface area contributed by atoms with Gasteiger partial charge in [-0.2, -0.15) is 5.10 Å². The summed E-state index contributed by atoms with van der Waals surface area (Å²) in [7, 11) is 2.66. The van der Waals surface area contributed by atoms with Crippen molar-refractivity contribution >= 4 is 28.5 Å². The molecule has 32 heavy (non-hydrogen) atoms. The fourth-order valence-corrected chi connectivity index (χ4v) is 3.73. The second-order valence-electron chi connectivity index (χ2n) is 7.18. The number of aromatic nitrogens is 3. The Morgan fingerprint density at radius 2 is 1.94 bits per heavy atom. The Kier molecular flexibility index (Phi) is 6.39. The van der Waals surface area contributed by atoms with Gasteiger partial charge in [0.05, 0.1) is 23.3 Å². The quantitative estimate of drug-likeness (QED) is 0.304. The number of nitrogens with zero attached hydrogens (tertiary/aromatic N) is 3. The number of carbonyl (C=O) groups excluding carboxylic acids is 1. The van der Waals surface area contributed by atoms with Gasteiger partial charge in [0, 0.05) is 31.1 Å². The van der Waals surface area contributed by atoms with Crippen molar-refractivity contribution in [3.05, 3.63) is 82.8 Å². The molecule has 0 bridgehead atoms. The molecular weight excluding hydrogens is 430 g/mol. The maximum Gasteiger partial charge on any atom is 0.376 e. The Morgan fingerprint density at radius 3 is 2.59 bits per heavy atom. The highest BCUT2D eigenvalue weighted by molar-refractivity contribution is 6.35. The lowest BCUT2D eigenvalue weighted by Gasteiger charge is -2.18. The third kappa shape index (κ3) is 4.30. The summed E-state index contributed by atoms with van der Waals surface area (Å²) in [4.78, 5) is 16.5. The van der Waals surface area contributed by atoms with Gasteiger partial charge in [0.15, 0.2) is 0 Å². The zero-order chi connectivity index (χ0) is 22.7. The Labute approximate surface area is 190 Å². The first-order chi connectivity index (χ1) is 15.5. The van der Waals surface area contributed by atoms with E-state index < -0.39 is 12.3 Å². The molecule has 8 heteroatoms. The van der Waals surface area contributed by atoms with Crippen molar-refractivity contribution in [2.75, 3.05) is 14.2 Å². The monoisotopic (exact) mass is 451 g/mol. The van der Waals surface area contributed by atoms with Crippen LogP contribution in [0.1, 0.15) is 16.7 Å². The van der Waals surface area contributed by atoms with Gasteiger partial charge < -0.3 is 14.2 Å². The standard InChI is InChI=1S/C24H22ClN3O4/c1-15-17(13-16-5-7-18(8-6-16)28-12-4-11-27-28)14-26-22-19(25)9-10-20(21(15)22)32-24(31-3)23(29)30-2/h4-12,14,24H,13H2,1-3H3. The minimum atomic E-state index is -1.19. The number of carbonyl (C=O) groups is 1. The molecule has 0 fully saturated rings. The number of benzene rings is 2. The molecule has 4 aromatic rings. The van der Waals surface area contributed by atoms with E-state index in [0.717, 1.165) is 27.8 Å². The van der Waals surface area contributed by atoms with Gasteiger partial charge in [-0.05, 0) is 60.4 Å². The first-order valence-corrected chi connectivity index (χ1v) is 10.3. The van der Waals surface area contributed by atoms with Crippen molar-refractivity contribution in [1.82, 2.24) is 14.8 Å². The van der Waals surface area contributed by atoms with E-state index in [2.05, 4.69) is 22.2 Å². The van der Waals surface area contributed by atoms with Crippen LogP contribution in [0.4, 0.5) is 0 Å². The van der Waals surface area contributed by atoms with Crippen LogP contribution in [-0.4, -0.2) is 41.2 Å². The van der Waals surface area contributed by atoms with Gasteiger partial charge in [-0.1, -0.05) is 23.7 Å². The Morgan fingerprint density at radius 1 is 1.16 bits per heavy atom. The number of aryl methyl sites for hydroxylation is 1. The van der Waals surface area contributed by atoms with Gasteiger partial charge in [-0.15, -0.1) is 0 Å². The van der Waals surface area contributed by atoms with Crippen LogP contribution in [0, 0.1) is 6.92 Å². The zero-order valence-electron chi connectivity index (χ0n) is 17.9. The van der Waals surface area contributed by atoms with Gasteiger partial charge in [-0.3, -0.25) is 4.98 Å². The average molecular weight is 452 g/mol. The number of fused-ring (bicyclic) bond motifs is 1. The molecule has 1 atom stereocenters. The number of esters is 1. The molecule has 0 saturated heterocycles. The lowest BCUT2D eigenvalue weighted by molar-refractivity contribution is -0.170. The molecular formula is C24H22ClN3O4. The molecule has 0 spiro atoms. The third-order valence-electron chi connectivity index (χ3n) is 5.24. The molecule has 7 nitrogen and oxygen atoms in total. The third-order valence-corrected chi connectivity index (χ3v) is 5.54. The number of rotatable bonds is 7. The summed E-state index contributed by atoms with van der Waals surface area (Å²) in [6.07, 6.45) is 4.95. The smallest absolute Gasteiger partial charge is 0.376 e. The van der Waals surface area contributed by atoms with Crippen molar-refractivity contribution in [1.29, 1.82) is 0 Å². The van der Waals surface area contributed by atoms with Crippen LogP contribution in [0.5, 0.6) is 5.75 Å². The van der Waals surface area contributed by atoms with E-state index in [0.29, 0.717) is 22.7 Å². The molecule has 0 amide bonds. The molecule has 0 aliphatic rings. The van der Waals surface area contributed by atoms with Crippen molar-refractivity contribution in [2.24, 2.45) is 0 Å². The summed E-state index contributed by atoms with van der Waals surface area (Å²) in [5.41, 5.74) is 4.69. The molecule has 2 aromatic heterocycles. The van der Waals surface area contributed by atoms with Crippen LogP contribution in [0.15, 0.2) is 61.1 Å². The molecule has 0 saturated carbocycles. The molecule has 2 aromatic carbocycles. The summed E-state index contributed by atoms with van der Waals surface area (Å²) in [5, 5.41) is 5.48. The van der Waals surface area contributed by atoms with Crippen LogP contribution in [0.3, 0.4) is 0 Å². The first-order valence-electron chi connectivity index (χ1n) is 9.94. The Hall–Kier alpha value is -3.42. The van der Waals surface area contributed by atoms with Crippen molar-refractivity contribution in [3.63, 3.8) is 0 Å². The van der Waals surface area contributed by atoms with Gasteiger partial charge in [0.2, 0.25) is 0 Å². The number of methoxy groups -OCH3 is 2. The highest BCUT2D eigenvalue weighted by Crippen LogP contribution is 2.35. The van der Waals surface area contributed by atoms with E-state index in [1.54, 1.807) is 18.3 Å². The molecule has 2 heterocycles. The Bertz CT molecular complexity index is 1240. The molecule has 4 rings (SSSR count). The fraction of sp³-hybridized carbons (Fsp3) is 0.208. The minimum absolute atomic E-state index is 0.447. The van der Waals surface area contributed by atoms with Crippen LogP contribution >= 0.6 is 11.6 Å². The van der Waals surface area contributed by atoms with Crippen molar-refractivity contribution in [2.45, 2.75) is 19.6 Å². The second kappa shape index (κ2) is 9.38. The lowest BCUT2D eigenvalue weighted by Crippen LogP contribution is -2.30. The van der Waals surface area contributed by atoms with E-state index >= 15 is 0 Å². The largest absolute Gasteiger partial charge is 0.464 e. The van der Waals surface area contributed by atoms with Crippen molar-refractivity contribution in [3.8, 4) is 11.4 Å². The number of ether oxygens (including phenoxy) is 3. The second-order valence-corrected chi connectivity index (χ2v) is 7.59. The Balaban J connectivity index is 1.68. The van der Waals surface area contributed by atoms with E-state index in [1.807, 2.05) is 42.2 Å². The van der Waals surface area contributed by atoms with E-state index in [1.165, 1.54) is 14.2 Å². The van der Waals surface area contributed by atoms with Gasteiger partial charge in [0.25, 0.3) is 6.29 Å². The first kappa shape index (κ1) is 21.8. The summed E-state index contributed by atoms with van der Waals surface area (Å²) < 4.78 is 17.5. The average Bonchev–Trinajstić information content (AvgIpc) is 3.35. The molecule has 0 aliphatic carbocycles. The predicted molar refractivity (Wildman–Crippen MR) is 121 cm³/mol. The van der Waals surface area contributed by atoms with Gasteiger partial charge in [-0.25, -0.2) is 9.48 Å². The summed E-state index contributed by atoms with van der Waals surface area (Å²) >= 11 is 6.39. The lowest BCUT2D eigenvalue weighted by atomic mass is 9.98. The molecule has 0 radical (unpaired) electrons. The summed E-state index contributed by atoms with van der Waals surface area (Å²) in [6, 6.07) is 13.5. The number of hydrogen-bond acceptors (Lipinski definition) is 6. The van der Waals surface area contributed by atoms with Gasteiger partial charge in [0.1, 0.15) is 5.75 Å². The normalized spacial score (nSPS) is 12.0. The molecule has 0 aliphatic heterocycles. The highest BCUT2D eigenvalue weighted by atomic mass is 35.5. The highest BCUT2D eigenvalue weighted by Gasteiger charge is 2.23. The fourth-order valence-electron chi connectivity index (χ4n) is 3.52. The number of hydrogen-bond donors (Lipinski definition) is 0. The summed E-state index contributed by atoms with van der Waals surface area (Å²) in [6.45, 7) is 1.99. The summed E-state index contributed by atoms with van der Waals surface area (Å²) in [5.74, 6) is -0.183. The van der Waals surface area contributed by atoms with Crippen LogP contribution in [0.25, 0.3) is 16.6 Å². The van der Waals surface area contributed by atoms with E-state index in [4.69, 9.17) is 25.8 Å². The van der Waals surface area contributed by atoms with E-state index in [-0.39, 0.29) is 0 Å². The van der Waals surface area contributed by atoms with Crippen LogP contribution in [0.2, 0.25) is 5.02 Å². The van der Waals surface area contributed by atoms with Crippen LogP contribution < -0.4 is 4.74 Å². The molecule has 0 N–H and O–H groups in total. The molecule has 1 unspecified atom stereocenters. The topological polar surface area (TPSA) is 75.5 Å². The van der Waals surface area contributed by atoms with Crippen molar-refractivity contribution < 1.29 is 19.0 Å². The SMILES string of the molecule is COC(=O)C(OC)Oc1ccc(Cl)c2ncc(Cc3ccc(-n4cccn4)cc3)c(C)c12. The molecule has 164 valence electrons. The van der Waals surface area contributed by atoms with Crippen LogP contribution in [-0.2, 0) is 20.7 Å². The van der Waals surface area contributed by atoms with E-state index in [9.17, 15) is 4.79 Å². The number of pyridine rings is 1. The maximum atomic E-state index is 11.9. The zero-order valence-corrected chi connectivity index (χ0v) is 18.7. The van der Waals surface area contributed by atoms with Gasteiger partial charge >= 0.3 is 5.97 Å². The minimum Gasteiger partial charge on any atom is -0.464 e.